The number of anilines is 1. The highest BCUT2D eigenvalue weighted by Crippen LogP contribution is 2.32. The molecule has 25 heavy (non-hydrogen) atoms. The maximum atomic E-state index is 13.1. The van der Waals surface area contributed by atoms with Gasteiger partial charge < -0.3 is 4.90 Å². The summed E-state index contributed by atoms with van der Waals surface area (Å²) in [5.74, 6) is -0.320. The minimum absolute atomic E-state index is 0.129. The SMILES string of the molecule is CS(=O)(=O)c1nc(C(=O)N2CCc3cc(Cl)ccc32)c2ccccn12. The van der Waals surface area contributed by atoms with Gasteiger partial charge in [-0.15, -0.1) is 0 Å². The van der Waals surface area contributed by atoms with Gasteiger partial charge in [-0.1, -0.05) is 17.7 Å². The molecule has 128 valence electrons. The summed E-state index contributed by atoms with van der Waals surface area (Å²) in [4.78, 5) is 18.8. The third kappa shape index (κ3) is 2.60. The molecule has 1 aliphatic rings. The van der Waals surface area contributed by atoms with Crippen LogP contribution in [-0.4, -0.2) is 36.5 Å². The largest absolute Gasteiger partial charge is 0.306 e. The minimum Gasteiger partial charge on any atom is -0.306 e. The minimum atomic E-state index is -3.57. The lowest BCUT2D eigenvalue weighted by Gasteiger charge is -2.16. The maximum Gasteiger partial charge on any atom is 0.279 e. The number of hydrogen-bond acceptors (Lipinski definition) is 4. The van der Waals surface area contributed by atoms with Crippen molar-refractivity contribution < 1.29 is 13.2 Å². The Bertz CT molecular complexity index is 1120. The van der Waals surface area contributed by atoms with E-state index in [1.54, 1.807) is 41.4 Å². The first-order valence-electron chi connectivity index (χ1n) is 7.64. The van der Waals surface area contributed by atoms with Gasteiger partial charge in [0.05, 0.1) is 5.52 Å². The molecular weight excluding hydrogens is 362 g/mol. The molecule has 0 saturated carbocycles. The Kier molecular flexibility index (Phi) is 3.59. The molecule has 0 radical (unpaired) electrons. The van der Waals surface area contributed by atoms with Crippen LogP contribution in [0, 0.1) is 0 Å². The number of nitrogens with zero attached hydrogens (tertiary/aromatic N) is 3. The summed E-state index contributed by atoms with van der Waals surface area (Å²) in [6.07, 6.45) is 3.37. The second kappa shape index (κ2) is 5.57. The topological polar surface area (TPSA) is 71.7 Å². The van der Waals surface area contributed by atoms with Crippen LogP contribution in [-0.2, 0) is 16.3 Å². The van der Waals surface area contributed by atoms with Crippen LogP contribution in [0.25, 0.3) is 5.52 Å². The van der Waals surface area contributed by atoms with Crippen molar-refractivity contribution in [1.82, 2.24) is 9.38 Å². The molecule has 1 amide bonds. The number of carbonyl (C=O) groups excluding carboxylic acids is 1. The number of fused-ring (bicyclic) bond motifs is 2. The standard InChI is InChI=1S/C17H14ClN3O3S/c1-25(23,24)17-19-15(14-4-2-3-8-21(14)17)16(22)20-9-7-11-10-12(18)5-6-13(11)20/h2-6,8,10H,7,9H2,1H3. The highest BCUT2D eigenvalue weighted by molar-refractivity contribution is 7.90. The first kappa shape index (κ1) is 16.1. The van der Waals surface area contributed by atoms with Crippen LogP contribution in [0.3, 0.4) is 0 Å². The Morgan fingerprint density at radius 2 is 2.04 bits per heavy atom. The molecule has 0 atom stereocenters. The maximum absolute atomic E-state index is 13.1. The van der Waals surface area contributed by atoms with Crippen molar-refractivity contribution >= 4 is 38.5 Å². The Balaban J connectivity index is 1.86. The summed E-state index contributed by atoms with van der Waals surface area (Å²) in [6.45, 7) is 0.509. The highest BCUT2D eigenvalue weighted by Gasteiger charge is 2.30. The lowest BCUT2D eigenvalue weighted by atomic mass is 10.2. The van der Waals surface area contributed by atoms with Crippen molar-refractivity contribution in [1.29, 1.82) is 0 Å². The van der Waals surface area contributed by atoms with Crippen LogP contribution in [0.1, 0.15) is 16.1 Å². The Morgan fingerprint density at radius 3 is 2.80 bits per heavy atom. The molecule has 0 unspecified atom stereocenters. The van der Waals surface area contributed by atoms with E-state index in [9.17, 15) is 13.2 Å². The highest BCUT2D eigenvalue weighted by atomic mass is 35.5. The van der Waals surface area contributed by atoms with Crippen molar-refractivity contribution in [3.63, 3.8) is 0 Å². The van der Waals surface area contributed by atoms with E-state index in [1.807, 2.05) is 6.07 Å². The summed E-state index contributed by atoms with van der Waals surface area (Å²) in [7, 11) is -3.57. The Labute approximate surface area is 149 Å². The smallest absolute Gasteiger partial charge is 0.279 e. The summed E-state index contributed by atoms with van der Waals surface area (Å²) in [5.41, 5.74) is 2.37. The normalized spacial score (nSPS) is 14.1. The predicted octanol–water partition coefficient (Wildman–Crippen LogP) is 2.59. The second-order valence-corrected chi connectivity index (χ2v) is 8.30. The molecule has 0 aliphatic carbocycles. The zero-order valence-electron chi connectivity index (χ0n) is 13.3. The summed E-state index contributed by atoms with van der Waals surface area (Å²) < 4.78 is 25.5. The van der Waals surface area contributed by atoms with E-state index in [2.05, 4.69) is 4.98 Å². The number of aromatic nitrogens is 2. The predicted molar refractivity (Wildman–Crippen MR) is 95.1 cm³/mol. The van der Waals surface area contributed by atoms with Crippen molar-refractivity contribution in [2.24, 2.45) is 0 Å². The van der Waals surface area contributed by atoms with Crippen molar-refractivity contribution in [2.75, 3.05) is 17.7 Å². The first-order valence-corrected chi connectivity index (χ1v) is 9.90. The first-order chi connectivity index (χ1) is 11.9. The Morgan fingerprint density at radius 1 is 1.24 bits per heavy atom. The van der Waals surface area contributed by atoms with Crippen LogP contribution in [0.2, 0.25) is 5.02 Å². The van der Waals surface area contributed by atoms with Gasteiger partial charge in [-0.25, -0.2) is 13.4 Å². The number of imidazole rings is 1. The van der Waals surface area contributed by atoms with E-state index in [0.29, 0.717) is 23.5 Å². The average molecular weight is 376 g/mol. The number of pyridine rings is 1. The van der Waals surface area contributed by atoms with Gasteiger partial charge in [0, 0.05) is 29.7 Å². The van der Waals surface area contributed by atoms with Gasteiger partial charge in [-0.3, -0.25) is 9.20 Å². The lowest BCUT2D eigenvalue weighted by molar-refractivity contribution is 0.0986. The number of halogens is 1. The summed E-state index contributed by atoms with van der Waals surface area (Å²) >= 11 is 6.01. The van der Waals surface area contributed by atoms with Crippen molar-refractivity contribution in [2.45, 2.75) is 11.6 Å². The second-order valence-electron chi connectivity index (χ2n) is 5.95. The van der Waals surface area contributed by atoms with E-state index in [4.69, 9.17) is 11.6 Å². The molecule has 1 aliphatic heterocycles. The van der Waals surface area contributed by atoms with Gasteiger partial charge in [0.2, 0.25) is 15.0 Å². The molecule has 2 aromatic heterocycles. The third-order valence-corrected chi connectivity index (χ3v) is 5.42. The van der Waals surface area contributed by atoms with Gasteiger partial charge in [-0.05, 0) is 42.3 Å². The molecule has 0 spiro atoms. The fraction of sp³-hybridized carbons (Fsp3) is 0.176. The zero-order valence-corrected chi connectivity index (χ0v) is 14.9. The number of rotatable bonds is 2. The average Bonchev–Trinajstić information content (AvgIpc) is 3.15. The number of hydrogen-bond donors (Lipinski definition) is 0. The van der Waals surface area contributed by atoms with E-state index in [1.165, 1.54) is 4.40 Å². The van der Waals surface area contributed by atoms with E-state index >= 15 is 0 Å². The van der Waals surface area contributed by atoms with Crippen molar-refractivity contribution in [3.8, 4) is 0 Å². The Hall–Kier alpha value is -2.38. The molecule has 1 aromatic carbocycles. The monoisotopic (exact) mass is 375 g/mol. The molecule has 0 bridgehead atoms. The van der Waals surface area contributed by atoms with E-state index < -0.39 is 9.84 Å². The number of carbonyl (C=O) groups is 1. The molecule has 0 saturated heterocycles. The van der Waals surface area contributed by atoms with Crippen LogP contribution in [0.5, 0.6) is 0 Å². The van der Waals surface area contributed by atoms with E-state index in [-0.39, 0.29) is 16.8 Å². The molecule has 6 nitrogen and oxygen atoms in total. The molecule has 0 fully saturated rings. The molecule has 8 heteroatoms. The summed E-state index contributed by atoms with van der Waals surface area (Å²) in [5, 5.41) is 0.488. The lowest BCUT2D eigenvalue weighted by Crippen LogP contribution is -2.29. The van der Waals surface area contributed by atoms with Crippen LogP contribution in [0.4, 0.5) is 5.69 Å². The van der Waals surface area contributed by atoms with Crippen LogP contribution >= 0.6 is 11.6 Å². The van der Waals surface area contributed by atoms with Gasteiger partial charge in [0.1, 0.15) is 0 Å². The molecule has 3 heterocycles. The quantitative estimate of drug-likeness (QED) is 0.690. The van der Waals surface area contributed by atoms with Gasteiger partial charge in [0.15, 0.2) is 5.69 Å². The van der Waals surface area contributed by atoms with Crippen molar-refractivity contribution in [3.05, 3.63) is 58.9 Å². The molecule has 0 N–H and O–H groups in total. The molecular formula is C17H14ClN3O3S. The van der Waals surface area contributed by atoms with Gasteiger partial charge in [-0.2, -0.15) is 0 Å². The number of sulfone groups is 1. The number of benzene rings is 1. The van der Waals surface area contributed by atoms with E-state index in [0.717, 1.165) is 17.5 Å². The number of amides is 1. The van der Waals surface area contributed by atoms with Gasteiger partial charge >= 0.3 is 0 Å². The fourth-order valence-electron chi connectivity index (χ4n) is 3.14. The zero-order chi connectivity index (χ0) is 17.8. The third-order valence-electron chi connectivity index (χ3n) is 4.23. The molecule has 4 rings (SSSR count). The van der Waals surface area contributed by atoms with Gasteiger partial charge in [0.25, 0.3) is 5.91 Å². The van der Waals surface area contributed by atoms with Crippen LogP contribution < -0.4 is 4.90 Å². The summed E-state index contributed by atoms with van der Waals surface area (Å²) in [6, 6.07) is 10.5. The van der Waals surface area contributed by atoms with Crippen LogP contribution in [0.15, 0.2) is 47.8 Å². The fourth-order valence-corrected chi connectivity index (χ4v) is 4.11. The molecule has 3 aromatic rings.